The van der Waals surface area contributed by atoms with Crippen LogP contribution in [0.1, 0.15) is 28.6 Å². The molecule has 2 aromatic heterocycles. The number of pyridine rings is 1. The lowest BCUT2D eigenvalue weighted by atomic mass is 9.93. The van der Waals surface area contributed by atoms with Gasteiger partial charge in [0.1, 0.15) is 5.15 Å². The molecule has 0 aliphatic heterocycles. The van der Waals surface area contributed by atoms with Gasteiger partial charge in [-0.1, -0.05) is 17.7 Å². The van der Waals surface area contributed by atoms with Gasteiger partial charge in [-0.05, 0) is 19.1 Å². The molecular formula is C14H19ClN4O. The topological polar surface area (TPSA) is 66.0 Å². The quantitative estimate of drug-likeness (QED) is 0.857. The predicted molar refractivity (Wildman–Crippen MR) is 78.8 cm³/mol. The van der Waals surface area contributed by atoms with Crippen LogP contribution in [0.5, 0.6) is 0 Å². The minimum absolute atomic E-state index is 0.0347. The third kappa shape index (κ3) is 2.85. The third-order valence-electron chi connectivity index (χ3n) is 3.35. The number of aromatic nitrogens is 3. The number of hydrogen-bond acceptors (Lipinski definition) is 4. The Bertz CT molecular complexity index is 597. The van der Waals surface area contributed by atoms with Gasteiger partial charge in [-0.15, -0.1) is 0 Å². The largest absolute Gasteiger partial charge is 0.378 e. The fraction of sp³-hybridized carbons (Fsp3) is 0.429. The summed E-state index contributed by atoms with van der Waals surface area (Å²) in [6.45, 7) is 2.90. The summed E-state index contributed by atoms with van der Waals surface area (Å²) in [6.07, 6.45) is 0. The van der Waals surface area contributed by atoms with Crippen LogP contribution in [0.25, 0.3) is 0 Å². The maximum atomic E-state index is 5.98. The number of nitrogens with zero attached hydrogens (tertiary/aromatic N) is 3. The molecule has 2 N–H and O–H groups in total. The summed E-state index contributed by atoms with van der Waals surface area (Å²) in [6, 6.07) is 5.58. The molecule has 0 fully saturated rings. The molecular weight excluding hydrogens is 276 g/mol. The lowest BCUT2D eigenvalue weighted by Crippen LogP contribution is -2.17. The van der Waals surface area contributed by atoms with Crippen LogP contribution < -0.4 is 5.73 Å². The van der Waals surface area contributed by atoms with Crippen LogP contribution in [0, 0.1) is 6.92 Å². The molecule has 0 bridgehead atoms. The van der Waals surface area contributed by atoms with Crippen molar-refractivity contribution in [2.24, 2.45) is 12.8 Å². The molecule has 0 aromatic carbocycles. The zero-order valence-electron chi connectivity index (χ0n) is 11.9. The molecule has 2 rings (SSSR count). The normalized spacial score (nSPS) is 12.7. The highest BCUT2D eigenvalue weighted by molar-refractivity contribution is 6.29. The summed E-state index contributed by atoms with van der Waals surface area (Å²) < 4.78 is 7.10. The van der Waals surface area contributed by atoms with Crippen LogP contribution in [0.2, 0.25) is 5.15 Å². The summed E-state index contributed by atoms with van der Waals surface area (Å²) in [7, 11) is 3.57. The van der Waals surface area contributed by atoms with Gasteiger partial charge < -0.3 is 10.5 Å². The molecule has 0 aliphatic rings. The Labute approximate surface area is 123 Å². The van der Waals surface area contributed by atoms with Crippen LogP contribution in [-0.4, -0.2) is 28.4 Å². The van der Waals surface area contributed by atoms with E-state index in [9.17, 15) is 0 Å². The SMILES string of the molecule is COCc1c(C(CN)c2cccc(Cl)n2)c(C)nn1C. The first-order valence-electron chi connectivity index (χ1n) is 6.42. The van der Waals surface area contributed by atoms with Gasteiger partial charge in [0.2, 0.25) is 0 Å². The van der Waals surface area contributed by atoms with Gasteiger partial charge in [-0.3, -0.25) is 4.68 Å². The summed E-state index contributed by atoms with van der Waals surface area (Å²) in [4.78, 5) is 4.38. The van der Waals surface area contributed by atoms with Gasteiger partial charge in [0.15, 0.2) is 0 Å². The van der Waals surface area contributed by atoms with Crippen LogP contribution >= 0.6 is 11.6 Å². The Kier molecular flexibility index (Phi) is 4.75. The summed E-state index contributed by atoms with van der Waals surface area (Å²) in [5.74, 6) is -0.0347. The van der Waals surface area contributed by atoms with Crippen molar-refractivity contribution in [1.82, 2.24) is 14.8 Å². The van der Waals surface area contributed by atoms with Crippen molar-refractivity contribution in [3.8, 4) is 0 Å². The van der Waals surface area contributed by atoms with Crippen molar-refractivity contribution < 1.29 is 4.74 Å². The minimum atomic E-state index is -0.0347. The van der Waals surface area contributed by atoms with E-state index in [2.05, 4.69) is 10.1 Å². The number of aryl methyl sites for hydroxylation is 2. The van der Waals surface area contributed by atoms with E-state index in [4.69, 9.17) is 22.1 Å². The molecule has 5 nitrogen and oxygen atoms in total. The van der Waals surface area contributed by atoms with Crippen LogP contribution in [-0.2, 0) is 18.4 Å². The second kappa shape index (κ2) is 6.35. The highest BCUT2D eigenvalue weighted by Gasteiger charge is 2.23. The maximum Gasteiger partial charge on any atom is 0.129 e. The van der Waals surface area contributed by atoms with E-state index in [1.54, 1.807) is 13.2 Å². The predicted octanol–water partition coefficient (Wildman–Crippen LogP) is 2.01. The molecule has 0 saturated heterocycles. The third-order valence-corrected chi connectivity index (χ3v) is 3.56. The molecule has 2 aromatic rings. The zero-order chi connectivity index (χ0) is 14.7. The van der Waals surface area contributed by atoms with Crippen LogP contribution in [0.3, 0.4) is 0 Å². The molecule has 20 heavy (non-hydrogen) atoms. The Morgan fingerprint density at radius 3 is 2.80 bits per heavy atom. The van der Waals surface area contributed by atoms with E-state index in [-0.39, 0.29) is 5.92 Å². The summed E-state index contributed by atoms with van der Waals surface area (Å²) in [5, 5.41) is 4.94. The average molecular weight is 295 g/mol. The van der Waals surface area contributed by atoms with E-state index in [0.29, 0.717) is 18.3 Å². The summed E-state index contributed by atoms with van der Waals surface area (Å²) >= 11 is 5.98. The van der Waals surface area contributed by atoms with Gasteiger partial charge in [-0.25, -0.2) is 4.98 Å². The highest BCUT2D eigenvalue weighted by Crippen LogP contribution is 2.29. The first kappa shape index (κ1) is 15.0. The number of halogens is 1. The Morgan fingerprint density at radius 1 is 1.45 bits per heavy atom. The molecule has 1 atom stereocenters. The molecule has 1 unspecified atom stereocenters. The molecule has 108 valence electrons. The number of methoxy groups -OCH3 is 1. The number of rotatable bonds is 5. The van der Waals surface area contributed by atoms with Gasteiger partial charge in [0.25, 0.3) is 0 Å². The second-order valence-electron chi connectivity index (χ2n) is 4.68. The standard InChI is InChI=1S/C14H19ClN4O/c1-9-14(12(8-20-3)19(2)18-9)10(7-16)11-5-4-6-13(15)17-11/h4-6,10H,7-8,16H2,1-3H3. The molecule has 0 saturated carbocycles. The van der Waals surface area contributed by atoms with Gasteiger partial charge >= 0.3 is 0 Å². The van der Waals surface area contributed by atoms with Gasteiger partial charge in [-0.2, -0.15) is 5.10 Å². The van der Waals surface area contributed by atoms with Crippen molar-refractivity contribution in [3.05, 3.63) is 46.0 Å². The van der Waals surface area contributed by atoms with E-state index in [0.717, 1.165) is 22.6 Å². The van der Waals surface area contributed by atoms with Crippen molar-refractivity contribution >= 4 is 11.6 Å². The molecule has 2 heterocycles. The number of hydrogen-bond donors (Lipinski definition) is 1. The van der Waals surface area contributed by atoms with Crippen molar-refractivity contribution in [2.45, 2.75) is 19.4 Å². The second-order valence-corrected chi connectivity index (χ2v) is 5.06. The zero-order valence-corrected chi connectivity index (χ0v) is 12.7. The molecule has 6 heteroatoms. The van der Waals surface area contributed by atoms with Crippen molar-refractivity contribution in [2.75, 3.05) is 13.7 Å². The van der Waals surface area contributed by atoms with Crippen molar-refractivity contribution in [3.63, 3.8) is 0 Å². The Hall–Kier alpha value is -1.43. The van der Waals surface area contributed by atoms with Crippen LogP contribution in [0.4, 0.5) is 0 Å². The first-order valence-corrected chi connectivity index (χ1v) is 6.80. The molecule has 0 spiro atoms. The Morgan fingerprint density at radius 2 is 2.20 bits per heavy atom. The fourth-order valence-corrected chi connectivity index (χ4v) is 2.66. The fourth-order valence-electron chi connectivity index (χ4n) is 2.49. The van der Waals surface area contributed by atoms with E-state index >= 15 is 0 Å². The van der Waals surface area contributed by atoms with E-state index in [1.807, 2.05) is 30.8 Å². The lowest BCUT2D eigenvalue weighted by molar-refractivity contribution is 0.177. The first-order chi connectivity index (χ1) is 9.58. The average Bonchev–Trinajstić information content (AvgIpc) is 2.67. The number of ether oxygens (including phenoxy) is 1. The molecule has 0 radical (unpaired) electrons. The monoisotopic (exact) mass is 294 g/mol. The maximum absolute atomic E-state index is 5.98. The lowest BCUT2D eigenvalue weighted by Gasteiger charge is -2.16. The number of nitrogens with two attached hydrogens (primary N) is 1. The van der Waals surface area contributed by atoms with Gasteiger partial charge in [0.05, 0.1) is 23.7 Å². The molecule has 0 amide bonds. The van der Waals surface area contributed by atoms with Crippen molar-refractivity contribution in [1.29, 1.82) is 0 Å². The minimum Gasteiger partial charge on any atom is -0.378 e. The highest BCUT2D eigenvalue weighted by atomic mass is 35.5. The molecule has 0 aliphatic carbocycles. The van der Waals surface area contributed by atoms with E-state index in [1.165, 1.54) is 0 Å². The van der Waals surface area contributed by atoms with Gasteiger partial charge in [0, 0.05) is 32.2 Å². The van der Waals surface area contributed by atoms with E-state index < -0.39 is 0 Å². The Balaban J connectivity index is 2.52. The summed E-state index contributed by atoms with van der Waals surface area (Å²) in [5.41, 5.74) is 9.86. The van der Waals surface area contributed by atoms with Crippen LogP contribution in [0.15, 0.2) is 18.2 Å². The smallest absolute Gasteiger partial charge is 0.129 e.